The molecule has 0 unspecified atom stereocenters. The number of hydrogen-bond acceptors (Lipinski definition) is 2. The Morgan fingerprint density at radius 2 is 1.12 bits per heavy atom. The Balaban J connectivity index is -0.00000000571. The fourth-order valence-corrected chi connectivity index (χ4v) is 0. The molecule has 0 atom stereocenters. The van der Waals surface area contributed by atoms with Gasteiger partial charge in [-0.1, -0.05) is 12.9 Å². The maximum atomic E-state index is 8.24. The predicted octanol–water partition coefficient (Wildman–Crippen LogP) is -0.935. The minimum absolute atomic E-state index is 0. The fraction of sp³-hybridized carbons (Fsp3) is 0. The molecule has 0 spiro atoms. The smallest absolute Gasteiger partial charge is 1.00 e. The van der Waals surface area contributed by atoms with Gasteiger partial charge < -0.3 is 22.7 Å². The number of aliphatic hydroxyl groups excluding tert-OH is 2. The molecular formula is C2H4CaO4Zn. The summed E-state index contributed by atoms with van der Waals surface area (Å²) in [4.78, 5) is 16.5. The SMILES string of the molecule is O=[C-]O.O=[C-]O.[Ca+2].[H-].[H-].[Zn+2]. The average molecular weight is 198 g/mol. The first-order chi connectivity index (χ1) is 2.83. The van der Waals surface area contributed by atoms with E-state index in [9.17, 15) is 0 Å². The first-order valence-electron chi connectivity index (χ1n) is 0.855. The van der Waals surface area contributed by atoms with Gasteiger partial charge in [0.25, 0.3) is 0 Å². The van der Waals surface area contributed by atoms with E-state index in [1.807, 2.05) is 0 Å². The van der Waals surface area contributed by atoms with Crippen molar-refractivity contribution in [3.05, 3.63) is 0 Å². The van der Waals surface area contributed by atoms with Gasteiger partial charge in [0.05, 0.1) is 0 Å². The standard InChI is InChI=1S/2CHO2.Ca.Zn.2H/c2*2-1-3;;;;/h2*(H,2,3);;;;/q2*-1;2*+2;2*-1. The maximum absolute atomic E-state index is 8.24. The molecule has 0 saturated heterocycles. The molecule has 0 aliphatic rings. The van der Waals surface area contributed by atoms with E-state index in [-0.39, 0.29) is 60.1 Å². The third-order valence-corrected chi connectivity index (χ3v) is 0. The predicted molar refractivity (Wildman–Crippen MR) is 24.6 cm³/mol. The molecule has 0 aliphatic heterocycles. The van der Waals surface area contributed by atoms with Gasteiger partial charge in [0, 0.05) is 0 Å². The van der Waals surface area contributed by atoms with E-state index < -0.39 is 0 Å². The molecule has 0 aromatic carbocycles. The van der Waals surface area contributed by atoms with Gasteiger partial charge in [0.1, 0.15) is 0 Å². The summed E-state index contributed by atoms with van der Waals surface area (Å²) in [5, 5.41) is 13.5. The van der Waals surface area contributed by atoms with E-state index in [4.69, 9.17) is 19.8 Å². The van der Waals surface area contributed by atoms with E-state index in [0.717, 1.165) is 0 Å². The van der Waals surface area contributed by atoms with Gasteiger partial charge in [-0.05, 0) is 0 Å². The second-order valence-corrected chi connectivity index (χ2v) is 0.183. The molecule has 6 heteroatoms. The van der Waals surface area contributed by atoms with E-state index in [1.165, 1.54) is 0 Å². The van der Waals surface area contributed by atoms with Gasteiger partial charge in [-0.15, -0.1) is 0 Å². The molecule has 0 aromatic heterocycles. The molecule has 0 heterocycles. The van der Waals surface area contributed by atoms with Crippen LogP contribution in [0.2, 0.25) is 0 Å². The molecular weight excluding hydrogens is 193 g/mol. The van der Waals surface area contributed by atoms with Crippen molar-refractivity contribution in [2.45, 2.75) is 0 Å². The van der Waals surface area contributed by atoms with Crippen molar-refractivity contribution in [3.63, 3.8) is 0 Å². The van der Waals surface area contributed by atoms with Crippen LogP contribution < -0.4 is 0 Å². The molecule has 0 aromatic rings. The van der Waals surface area contributed by atoms with Crippen molar-refractivity contribution in [1.29, 1.82) is 0 Å². The Morgan fingerprint density at radius 3 is 1.12 bits per heavy atom. The van der Waals surface area contributed by atoms with Crippen LogP contribution in [0.4, 0.5) is 0 Å². The molecule has 8 heavy (non-hydrogen) atoms. The third-order valence-electron chi connectivity index (χ3n) is 0. The van der Waals surface area contributed by atoms with E-state index in [0.29, 0.717) is 12.9 Å². The zero-order valence-electron chi connectivity index (χ0n) is 6.13. The van der Waals surface area contributed by atoms with E-state index in [1.54, 1.807) is 0 Å². The van der Waals surface area contributed by atoms with Crippen LogP contribution in [0.1, 0.15) is 2.85 Å². The van der Waals surface area contributed by atoms with Crippen molar-refractivity contribution in [2.75, 3.05) is 0 Å². The first-order valence-corrected chi connectivity index (χ1v) is 0.855. The fourth-order valence-electron chi connectivity index (χ4n) is 0. The molecule has 0 amide bonds. The molecule has 0 rings (SSSR count). The first kappa shape index (κ1) is 23.2. The summed E-state index contributed by atoms with van der Waals surface area (Å²) in [7, 11) is 0. The summed E-state index contributed by atoms with van der Waals surface area (Å²) in [6.07, 6.45) is 0. The Hall–Kier alpha value is 0.823. The normalized spacial score (nSPS) is 3.00. The summed E-state index contributed by atoms with van der Waals surface area (Å²) in [5.41, 5.74) is 0. The molecule has 0 aliphatic carbocycles. The second kappa shape index (κ2) is 45.7. The Morgan fingerprint density at radius 1 is 1.12 bits per heavy atom. The molecule has 0 radical (unpaired) electrons. The second-order valence-electron chi connectivity index (χ2n) is 0.183. The van der Waals surface area contributed by atoms with Crippen LogP contribution in [0.5, 0.6) is 0 Å². The van der Waals surface area contributed by atoms with Gasteiger partial charge in [-0.2, -0.15) is 0 Å². The molecule has 40 valence electrons. The van der Waals surface area contributed by atoms with Crippen LogP contribution in [0.25, 0.3) is 0 Å². The van der Waals surface area contributed by atoms with E-state index >= 15 is 0 Å². The minimum Gasteiger partial charge on any atom is -1.00 e. The Bertz CT molecular complexity index is 42.2. The number of hydrogen-bond donors (Lipinski definition) is 2. The van der Waals surface area contributed by atoms with Gasteiger partial charge in [-0.3, -0.25) is 0 Å². The van der Waals surface area contributed by atoms with Crippen LogP contribution in [0.15, 0.2) is 0 Å². The quantitative estimate of drug-likeness (QED) is 0.389. The Kier molecular flexibility index (Phi) is 133. The van der Waals surface area contributed by atoms with Crippen molar-refractivity contribution in [2.24, 2.45) is 0 Å². The van der Waals surface area contributed by atoms with E-state index in [2.05, 4.69) is 0 Å². The zero-order chi connectivity index (χ0) is 5.41. The minimum atomic E-state index is 0. The molecule has 0 bridgehead atoms. The Labute approximate surface area is 92.0 Å². The van der Waals surface area contributed by atoms with Gasteiger partial charge in [-0.25, -0.2) is 0 Å². The van der Waals surface area contributed by atoms with Crippen LogP contribution in [0, 0.1) is 0 Å². The van der Waals surface area contributed by atoms with Gasteiger partial charge in [0.2, 0.25) is 0 Å². The van der Waals surface area contributed by atoms with Crippen molar-refractivity contribution in [1.82, 2.24) is 0 Å². The molecule has 2 N–H and O–H groups in total. The van der Waals surface area contributed by atoms with Crippen molar-refractivity contribution >= 4 is 50.7 Å². The van der Waals surface area contributed by atoms with Crippen LogP contribution in [0.3, 0.4) is 0 Å². The van der Waals surface area contributed by atoms with Gasteiger partial charge in [0.15, 0.2) is 0 Å². The summed E-state index contributed by atoms with van der Waals surface area (Å²) >= 11 is 0. The third kappa shape index (κ3) is 341. The summed E-state index contributed by atoms with van der Waals surface area (Å²) in [6.45, 7) is 1.00. The summed E-state index contributed by atoms with van der Waals surface area (Å²) in [6, 6.07) is 0. The van der Waals surface area contributed by atoms with Crippen LogP contribution in [-0.4, -0.2) is 60.9 Å². The summed E-state index contributed by atoms with van der Waals surface area (Å²) < 4.78 is 0. The van der Waals surface area contributed by atoms with Crippen molar-refractivity contribution < 1.29 is 42.1 Å². The monoisotopic (exact) mass is 196 g/mol. The van der Waals surface area contributed by atoms with Crippen LogP contribution >= 0.6 is 0 Å². The topological polar surface area (TPSA) is 74.6 Å². The molecule has 0 saturated carbocycles. The van der Waals surface area contributed by atoms with Crippen LogP contribution in [-0.2, 0) is 29.1 Å². The molecule has 0 fully saturated rings. The zero-order valence-corrected chi connectivity index (χ0v) is 9.30. The average Bonchev–Trinajstić information content (AvgIpc) is 1.39. The number of rotatable bonds is 0. The summed E-state index contributed by atoms with van der Waals surface area (Å²) in [5.74, 6) is 0. The largest absolute Gasteiger partial charge is 2.00 e. The van der Waals surface area contributed by atoms with Crippen molar-refractivity contribution in [3.8, 4) is 0 Å². The van der Waals surface area contributed by atoms with Gasteiger partial charge >= 0.3 is 57.2 Å². The molecule has 4 nitrogen and oxygen atoms in total. The maximum Gasteiger partial charge on any atom is 2.00 e.